The van der Waals surface area contributed by atoms with Crippen LogP contribution in [0.5, 0.6) is 0 Å². The van der Waals surface area contributed by atoms with Gasteiger partial charge in [0.25, 0.3) is 0 Å². The summed E-state index contributed by atoms with van der Waals surface area (Å²) in [6.45, 7) is 13.0. The maximum absolute atomic E-state index is 12.2. The van der Waals surface area contributed by atoms with Crippen molar-refractivity contribution >= 4 is 28.3 Å². The van der Waals surface area contributed by atoms with E-state index in [-0.39, 0.29) is 5.91 Å². The minimum absolute atomic E-state index is 0.237. The second kappa shape index (κ2) is 10.9. The average Bonchev–Trinajstić information content (AvgIpc) is 3.54. The van der Waals surface area contributed by atoms with Crippen LogP contribution in [0.4, 0.5) is 11.4 Å². The number of aromatic nitrogens is 4. The van der Waals surface area contributed by atoms with Crippen LogP contribution in [0.1, 0.15) is 18.2 Å². The molecule has 0 unspecified atom stereocenters. The Labute approximate surface area is 246 Å². The molecule has 2 N–H and O–H groups in total. The predicted molar refractivity (Wildman–Crippen MR) is 172 cm³/mol. The third-order valence-corrected chi connectivity index (χ3v) is 8.43. The highest BCUT2D eigenvalue weighted by Gasteiger charge is 2.22. The molecule has 1 aliphatic rings. The molecule has 42 heavy (non-hydrogen) atoms. The van der Waals surface area contributed by atoms with Gasteiger partial charge >= 0.3 is 0 Å². The molecule has 1 aliphatic heterocycles. The van der Waals surface area contributed by atoms with E-state index < -0.39 is 0 Å². The number of benzene rings is 2. The Hall–Kier alpha value is -4.69. The van der Waals surface area contributed by atoms with Gasteiger partial charge in [-0.1, -0.05) is 30.8 Å². The maximum Gasteiger partial charge on any atom is 0.247 e. The van der Waals surface area contributed by atoms with Gasteiger partial charge in [0.05, 0.1) is 11.4 Å². The number of nitrogens with zero attached hydrogens (tertiary/aromatic N) is 5. The molecular formula is C34H37N7O. The maximum atomic E-state index is 12.2. The van der Waals surface area contributed by atoms with Gasteiger partial charge in [-0.25, -0.2) is 4.98 Å². The van der Waals surface area contributed by atoms with Crippen LogP contribution >= 0.6 is 0 Å². The molecule has 1 amide bonds. The van der Waals surface area contributed by atoms with Crippen LogP contribution in [0.15, 0.2) is 73.6 Å². The number of pyridine rings is 1. The first-order valence-electron chi connectivity index (χ1n) is 14.3. The van der Waals surface area contributed by atoms with Crippen molar-refractivity contribution in [3.63, 3.8) is 0 Å². The van der Waals surface area contributed by atoms with Crippen molar-refractivity contribution in [3.05, 3.63) is 84.8 Å². The smallest absolute Gasteiger partial charge is 0.247 e. The highest BCUT2D eigenvalue weighted by Crippen LogP contribution is 2.41. The topological polar surface area (TPSA) is 82.1 Å². The summed E-state index contributed by atoms with van der Waals surface area (Å²) in [5, 5.41) is 8.51. The molecule has 1 saturated heterocycles. The molecule has 0 spiro atoms. The summed E-state index contributed by atoms with van der Waals surface area (Å²) < 4.78 is 1.83. The van der Waals surface area contributed by atoms with Gasteiger partial charge in [0.1, 0.15) is 5.65 Å². The molecule has 1 atom stereocenters. The molecule has 6 rings (SSSR count). The Balaban J connectivity index is 1.49. The zero-order chi connectivity index (χ0) is 29.5. The first-order chi connectivity index (χ1) is 20.2. The summed E-state index contributed by atoms with van der Waals surface area (Å²) in [6, 6.07) is 17.7. The van der Waals surface area contributed by atoms with Gasteiger partial charge < -0.3 is 20.1 Å². The number of piperazine rings is 1. The number of amides is 1. The van der Waals surface area contributed by atoms with E-state index in [0.29, 0.717) is 6.04 Å². The number of likely N-dealkylation sites (N-methyl/N-ethyl adjacent to an activating group) is 1. The van der Waals surface area contributed by atoms with E-state index in [4.69, 9.17) is 4.98 Å². The van der Waals surface area contributed by atoms with Gasteiger partial charge in [0, 0.05) is 78.6 Å². The van der Waals surface area contributed by atoms with E-state index >= 15 is 0 Å². The van der Waals surface area contributed by atoms with Crippen LogP contribution in [0.25, 0.3) is 44.5 Å². The molecule has 5 aromatic rings. The van der Waals surface area contributed by atoms with E-state index in [1.54, 1.807) is 0 Å². The normalized spacial score (nSPS) is 15.7. The number of anilines is 2. The number of hydrogen-bond donors (Lipinski definition) is 2. The number of fused-ring (bicyclic) bond motifs is 1. The quantitative estimate of drug-likeness (QED) is 0.243. The molecule has 0 saturated carbocycles. The zero-order valence-electron chi connectivity index (χ0n) is 24.9. The number of H-pyrrole nitrogens is 1. The predicted octanol–water partition coefficient (Wildman–Crippen LogP) is 6.18. The molecule has 0 bridgehead atoms. The number of rotatable bonds is 6. The Bertz CT molecular complexity index is 1800. The summed E-state index contributed by atoms with van der Waals surface area (Å²) in [5.74, 6) is -0.237. The minimum Gasteiger partial charge on any atom is -0.369 e. The number of aromatic amines is 1. The first kappa shape index (κ1) is 27.5. The van der Waals surface area contributed by atoms with Gasteiger partial charge in [-0.2, -0.15) is 5.10 Å². The fourth-order valence-electron chi connectivity index (χ4n) is 5.83. The van der Waals surface area contributed by atoms with Gasteiger partial charge in [0.15, 0.2) is 0 Å². The second-order valence-corrected chi connectivity index (χ2v) is 11.3. The van der Waals surface area contributed by atoms with Crippen molar-refractivity contribution in [2.45, 2.75) is 26.8 Å². The lowest BCUT2D eigenvalue weighted by molar-refractivity contribution is -0.111. The summed E-state index contributed by atoms with van der Waals surface area (Å²) in [7, 11) is 4.12. The van der Waals surface area contributed by atoms with Gasteiger partial charge in [-0.15, -0.1) is 0 Å². The van der Waals surface area contributed by atoms with Crippen molar-refractivity contribution in [3.8, 4) is 33.5 Å². The van der Waals surface area contributed by atoms with Crippen LogP contribution < -0.4 is 10.2 Å². The van der Waals surface area contributed by atoms with Crippen LogP contribution in [0.3, 0.4) is 0 Å². The number of carbonyl (C=O) groups is 1. The molecule has 8 nitrogen and oxygen atoms in total. The van der Waals surface area contributed by atoms with Crippen molar-refractivity contribution in [2.75, 3.05) is 36.9 Å². The van der Waals surface area contributed by atoms with Gasteiger partial charge in [-0.3, -0.25) is 9.48 Å². The number of carbonyl (C=O) groups excluding carboxylic acids is 1. The number of nitrogens with one attached hydrogen (secondary N) is 2. The lowest BCUT2D eigenvalue weighted by atomic mass is 9.96. The van der Waals surface area contributed by atoms with E-state index in [2.05, 4.69) is 82.1 Å². The van der Waals surface area contributed by atoms with Crippen LogP contribution in [-0.2, 0) is 11.8 Å². The van der Waals surface area contributed by atoms with Crippen molar-refractivity contribution in [1.29, 1.82) is 0 Å². The summed E-state index contributed by atoms with van der Waals surface area (Å²) >= 11 is 0. The van der Waals surface area contributed by atoms with E-state index in [0.717, 1.165) is 81.1 Å². The van der Waals surface area contributed by atoms with Crippen molar-refractivity contribution in [1.82, 2.24) is 24.6 Å². The first-order valence-corrected chi connectivity index (χ1v) is 14.3. The van der Waals surface area contributed by atoms with Crippen LogP contribution in [0, 0.1) is 13.8 Å². The third kappa shape index (κ3) is 5.10. The highest BCUT2D eigenvalue weighted by molar-refractivity contribution is 6.05. The Morgan fingerprint density at radius 3 is 2.50 bits per heavy atom. The fraction of sp³-hybridized carbons (Fsp3) is 0.265. The lowest BCUT2D eigenvalue weighted by Crippen LogP contribution is -2.50. The molecule has 0 radical (unpaired) electrons. The second-order valence-electron chi connectivity index (χ2n) is 11.3. The van der Waals surface area contributed by atoms with E-state index in [1.807, 2.05) is 50.1 Å². The molecule has 3 aromatic heterocycles. The monoisotopic (exact) mass is 559 g/mol. The molecule has 2 aromatic carbocycles. The van der Waals surface area contributed by atoms with Crippen LogP contribution in [-0.4, -0.2) is 63.3 Å². The Morgan fingerprint density at radius 1 is 1.05 bits per heavy atom. The van der Waals surface area contributed by atoms with Crippen molar-refractivity contribution in [2.24, 2.45) is 7.05 Å². The summed E-state index contributed by atoms with van der Waals surface area (Å²) in [5.41, 5.74) is 10.9. The Kier molecular flexibility index (Phi) is 7.16. The molecule has 214 valence electrons. The average molecular weight is 560 g/mol. The zero-order valence-corrected chi connectivity index (χ0v) is 24.9. The van der Waals surface area contributed by atoms with Crippen molar-refractivity contribution < 1.29 is 4.79 Å². The number of hydrogen-bond acceptors (Lipinski definition) is 5. The van der Waals surface area contributed by atoms with E-state index in [9.17, 15) is 4.79 Å². The third-order valence-electron chi connectivity index (χ3n) is 8.43. The molecule has 8 heteroatoms. The fourth-order valence-corrected chi connectivity index (χ4v) is 5.83. The van der Waals surface area contributed by atoms with Crippen LogP contribution in [0.2, 0.25) is 0 Å². The minimum atomic E-state index is -0.237. The largest absolute Gasteiger partial charge is 0.369 e. The number of aryl methyl sites for hydroxylation is 3. The molecular weight excluding hydrogens is 522 g/mol. The molecule has 1 fully saturated rings. The summed E-state index contributed by atoms with van der Waals surface area (Å²) in [4.78, 5) is 25.6. The SMILES string of the molecule is C=CC(=O)Nc1cc(-c2c(-c3ccc(N4CCN(C)[C@H](C)C4)cc3)[nH]c3ncc(-c4cn(C)nc4C)cc23)ccc1C. The van der Waals surface area contributed by atoms with Gasteiger partial charge in [0.2, 0.25) is 5.91 Å². The lowest BCUT2D eigenvalue weighted by Gasteiger charge is -2.39. The molecule has 0 aliphatic carbocycles. The Morgan fingerprint density at radius 2 is 1.81 bits per heavy atom. The molecule has 4 heterocycles. The highest BCUT2D eigenvalue weighted by atomic mass is 16.1. The van der Waals surface area contributed by atoms with E-state index in [1.165, 1.54) is 11.8 Å². The van der Waals surface area contributed by atoms with Gasteiger partial charge in [-0.05, 0) is 74.9 Å². The standard InChI is InChI=1S/C34H37N7O/c1-7-31(42)36-30-17-25(9-8-21(30)2)32-28-16-26(29-20-40(6)38-23(29)4)18-35-34(28)37-33(32)24-10-12-27(13-11-24)41-15-14-39(5)22(3)19-41/h7-13,16-18,20,22H,1,14-15,19H2,2-6H3,(H,35,37)(H,36,42)/t22-/m1/s1. The summed E-state index contributed by atoms with van der Waals surface area (Å²) in [6.07, 6.45) is 5.22.